The molecule has 3 N–H and O–H groups in total. The van der Waals surface area contributed by atoms with E-state index in [1.807, 2.05) is 12.1 Å². The molecule has 0 fully saturated rings. The van der Waals surface area contributed by atoms with Crippen molar-refractivity contribution in [2.75, 3.05) is 12.4 Å². The highest BCUT2D eigenvalue weighted by atomic mass is 16.3. The Bertz CT molecular complexity index is 613. The number of H-pyrrole nitrogens is 2. The van der Waals surface area contributed by atoms with Crippen LogP contribution in [0.2, 0.25) is 0 Å². The third-order valence-corrected chi connectivity index (χ3v) is 2.31. The number of imidazole rings is 1. The second kappa shape index (κ2) is 3.34. The van der Waals surface area contributed by atoms with Gasteiger partial charge in [-0.25, -0.2) is 4.98 Å². The summed E-state index contributed by atoms with van der Waals surface area (Å²) in [4.78, 5) is 14.7. The number of aromatic amines is 2. The predicted octanol–water partition coefficient (Wildman–Crippen LogP) is 1.07. The van der Waals surface area contributed by atoms with Crippen molar-refractivity contribution in [2.24, 2.45) is 0 Å². The van der Waals surface area contributed by atoms with E-state index in [2.05, 4.69) is 25.3 Å². The number of hydrogen-bond donors (Lipinski definition) is 2. The molecule has 0 bridgehead atoms. The Balaban J connectivity index is 2.33. The summed E-state index contributed by atoms with van der Waals surface area (Å²) in [6, 6.07) is 3.69. The zero-order chi connectivity index (χ0) is 11.0. The predicted molar refractivity (Wildman–Crippen MR) is 57.7 cm³/mol. The average molecular weight is 216 g/mol. The molecule has 6 nitrogen and oxygen atoms in total. The van der Waals surface area contributed by atoms with E-state index in [1.54, 1.807) is 19.6 Å². The van der Waals surface area contributed by atoms with Gasteiger partial charge in [0.15, 0.2) is 17.8 Å². The van der Waals surface area contributed by atoms with Gasteiger partial charge < -0.3 is 9.73 Å². The normalized spacial score (nSPS) is 10.8. The highest BCUT2D eigenvalue weighted by Crippen LogP contribution is 2.24. The smallest absolute Gasteiger partial charge is 0.305 e. The number of aromatic nitrogens is 4. The Labute approximate surface area is 90.7 Å². The maximum absolute atomic E-state index is 5.34. The first kappa shape index (κ1) is 8.90. The molecule has 0 spiro atoms. The lowest BCUT2D eigenvalue weighted by Gasteiger charge is -1.97. The monoisotopic (exact) mass is 216 g/mol. The molecule has 3 aromatic rings. The van der Waals surface area contributed by atoms with Crippen LogP contribution in [0.3, 0.4) is 0 Å². The van der Waals surface area contributed by atoms with Crippen LogP contribution < -0.4 is 10.3 Å². The number of hydrogen-bond acceptors (Lipinski definition) is 4. The van der Waals surface area contributed by atoms with Gasteiger partial charge in [0, 0.05) is 7.05 Å². The highest BCUT2D eigenvalue weighted by Gasteiger charge is 2.17. The van der Waals surface area contributed by atoms with Crippen molar-refractivity contribution in [3.8, 4) is 11.5 Å². The molecule has 6 heteroatoms. The van der Waals surface area contributed by atoms with Gasteiger partial charge in [-0.15, -0.1) is 0 Å². The van der Waals surface area contributed by atoms with Crippen molar-refractivity contribution < 1.29 is 9.40 Å². The van der Waals surface area contributed by atoms with Crippen LogP contribution in [0, 0.1) is 0 Å². The van der Waals surface area contributed by atoms with Gasteiger partial charge in [0.1, 0.15) is 0 Å². The molecular formula is C10H10N5O+. The van der Waals surface area contributed by atoms with Crippen molar-refractivity contribution >= 4 is 17.1 Å². The van der Waals surface area contributed by atoms with Crippen LogP contribution in [-0.4, -0.2) is 22.0 Å². The van der Waals surface area contributed by atoms with E-state index in [-0.39, 0.29) is 0 Å². The van der Waals surface area contributed by atoms with E-state index in [4.69, 9.17) is 4.42 Å². The number of nitrogens with zero attached hydrogens (tertiary/aromatic N) is 2. The van der Waals surface area contributed by atoms with Crippen molar-refractivity contribution in [1.82, 2.24) is 15.0 Å². The number of rotatable bonds is 2. The van der Waals surface area contributed by atoms with Crippen LogP contribution in [0.25, 0.3) is 22.6 Å². The van der Waals surface area contributed by atoms with Crippen LogP contribution in [-0.2, 0) is 0 Å². The molecule has 0 unspecified atom stereocenters. The summed E-state index contributed by atoms with van der Waals surface area (Å²) in [6.07, 6.45) is 3.33. The lowest BCUT2D eigenvalue weighted by Crippen LogP contribution is -2.03. The van der Waals surface area contributed by atoms with E-state index in [1.165, 1.54) is 0 Å². The summed E-state index contributed by atoms with van der Waals surface area (Å²) in [7, 11) is 1.78. The second-order valence-corrected chi connectivity index (χ2v) is 3.28. The number of fused-ring (bicyclic) bond motifs is 1. The lowest BCUT2D eigenvalue weighted by atomic mass is 10.3. The topological polar surface area (TPSA) is 80.9 Å². The van der Waals surface area contributed by atoms with E-state index in [0.29, 0.717) is 11.7 Å². The van der Waals surface area contributed by atoms with Crippen LogP contribution in [0.5, 0.6) is 0 Å². The van der Waals surface area contributed by atoms with Gasteiger partial charge in [-0.1, -0.05) is 4.98 Å². The molecule has 0 amide bonds. The van der Waals surface area contributed by atoms with E-state index < -0.39 is 0 Å². The Morgan fingerprint density at radius 3 is 3.12 bits per heavy atom. The van der Waals surface area contributed by atoms with Gasteiger partial charge in [-0.05, 0) is 12.1 Å². The molecule has 80 valence electrons. The van der Waals surface area contributed by atoms with E-state index in [9.17, 15) is 0 Å². The summed E-state index contributed by atoms with van der Waals surface area (Å²) in [5, 5.41) is 2.91. The SMILES string of the molecule is CNc1nc(-c2ccco2)c2[nH]c[nH+]c2n1. The summed E-state index contributed by atoms with van der Waals surface area (Å²) < 4.78 is 5.34. The Kier molecular flexibility index (Phi) is 1.86. The highest BCUT2D eigenvalue weighted by molar-refractivity contribution is 5.84. The van der Waals surface area contributed by atoms with Crippen molar-refractivity contribution in [2.45, 2.75) is 0 Å². The Morgan fingerprint density at radius 1 is 1.44 bits per heavy atom. The molecule has 16 heavy (non-hydrogen) atoms. The van der Waals surface area contributed by atoms with Gasteiger partial charge in [-0.2, -0.15) is 4.98 Å². The minimum Gasteiger partial charge on any atom is -0.463 e. The minimum absolute atomic E-state index is 0.551. The molecule has 3 aromatic heterocycles. The zero-order valence-corrected chi connectivity index (χ0v) is 8.61. The Hall–Kier alpha value is -2.37. The van der Waals surface area contributed by atoms with Gasteiger partial charge in [0.05, 0.1) is 6.26 Å². The fourth-order valence-corrected chi connectivity index (χ4v) is 1.58. The molecule has 0 aliphatic rings. The molecule has 3 heterocycles. The van der Waals surface area contributed by atoms with Crippen molar-refractivity contribution in [3.63, 3.8) is 0 Å². The quantitative estimate of drug-likeness (QED) is 0.671. The maximum atomic E-state index is 5.34. The zero-order valence-electron chi connectivity index (χ0n) is 8.61. The average Bonchev–Trinajstić information content (AvgIpc) is 2.98. The lowest BCUT2D eigenvalue weighted by molar-refractivity contribution is -0.347. The second-order valence-electron chi connectivity index (χ2n) is 3.28. The van der Waals surface area contributed by atoms with Gasteiger partial charge >= 0.3 is 11.6 Å². The van der Waals surface area contributed by atoms with Crippen molar-refractivity contribution in [1.29, 1.82) is 0 Å². The Morgan fingerprint density at radius 2 is 2.38 bits per heavy atom. The standard InChI is InChI=1S/C10H9N5O/c1-11-10-14-7(6-3-2-4-16-6)8-9(15-10)13-5-12-8/h2-5H,1H3,(H2,11,12,13,14,15)/p+1. The molecule has 0 aliphatic heterocycles. The number of anilines is 1. The van der Waals surface area contributed by atoms with E-state index in [0.717, 1.165) is 16.9 Å². The summed E-state index contributed by atoms with van der Waals surface area (Å²) in [5.74, 6) is 1.26. The number of furan rings is 1. The number of nitrogens with one attached hydrogen (secondary N) is 3. The molecule has 0 saturated heterocycles. The molecule has 0 aromatic carbocycles. The summed E-state index contributed by atoms with van der Waals surface area (Å²) in [6.45, 7) is 0. The molecule has 0 aliphatic carbocycles. The minimum atomic E-state index is 0.551. The van der Waals surface area contributed by atoms with E-state index >= 15 is 0 Å². The molecule has 0 radical (unpaired) electrons. The molecule has 0 atom stereocenters. The molecule has 0 saturated carbocycles. The summed E-state index contributed by atoms with van der Waals surface area (Å²) >= 11 is 0. The van der Waals surface area contributed by atoms with Gasteiger partial charge in [-0.3, -0.25) is 4.98 Å². The first-order valence-electron chi connectivity index (χ1n) is 4.87. The fraction of sp³-hybridized carbons (Fsp3) is 0.100. The maximum Gasteiger partial charge on any atom is 0.305 e. The first-order chi connectivity index (χ1) is 7.88. The van der Waals surface area contributed by atoms with Crippen LogP contribution in [0.15, 0.2) is 29.1 Å². The van der Waals surface area contributed by atoms with Crippen molar-refractivity contribution in [3.05, 3.63) is 24.7 Å². The van der Waals surface area contributed by atoms with Crippen LogP contribution in [0.4, 0.5) is 5.95 Å². The van der Waals surface area contributed by atoms with Gasteiger partial charge in [0.2, 0.25) is 5.52 Å². The third kappa shape index (κ3) is 1.23. The van der Waals surface area contributed by atoms with Crippen LogP contribution in [0.1, 0.15) is 0 Å². The summed E-state index contributed by atoms with van der Waals surface area (Å²) in [5.41, 5.74) is 2.31. The largest absolute Gasteiger partial charge is 0.463 e. The molecule has 3 rings (SSSR count). The fourth-order valence-electron chi connectivity index (χ4n) is 1.58. The van der Waals surface area contributed by atoms with Gasteiger partial charge in [0.25, 0.3) is 0 Å². The van der Waals surface area contributed by atoms with Crippen LogP contribution >= 0.6 is 0 Å². The third-order valence-electron chi connectivity index (χ3n) is 2.31. The molecular weight excluding hydrogens is 206 g/mol. The first-order valence-corrected chi connectivity index (χ1v) is 4.87.